The smallest absolute Gasteiger partial charge is 0.134 e. The molecule has 0 saturated heterocycles. The summed E-state index contributed by atoms with van der Waals surface area (Å²) in [4.78, 5) is 13.6. The summed E-state index contributed by atoms with van der Waals surface area (Å²) in [5.74, 6) is 0.913. The van der Waals surface area contributed by atoms with Crippen molar-refractivity contribution < 1.29 is 4.79 Å². The molecule has 2 heteroatoms. The van der Waals surface area contributed by atoms with Crippen molar-refractivity contribution in [3.05, 3.63) is 29.3 Å². The minimum absolute atomic E-state index is 0.235. The molecule has 0 aromatic heterocycles. The summed E-state index contributed by atoms with van der Waals surface area (Å²) in [7, 11) is 0. The first-order valence-corrected chi connectivity index (χ1v) is 6.42. The van der Waals surface area contributed by atoms with Gasteiger partial charge in [-0.1, -0.05) is 26.0 Å². The van der Waals surface area contributed by atoms with Crippen LogP contribution in [0.2, 0.25) is 0 Å². The summed E-state index contributed by atoms with van der Waals surface area (Å²) in [5.41, 5.74) is 3.92. The van der Waals surface area contributed by atoms with Crippen molar-refractivity contribution in [2.24, 2.45) is 5.92 Å². The van der Waals surface area contributed by atoms with Gasteiger partial charge in [-0.25, -0.2) is 0 Å². The lowest BCUT2D eigenvalue weighted by molar-refractivity contribution is -0.116. The molecule has 1 aromatic rings. The zero-order valence-electron chi connectivity index (χ0n) is 11.0. The van der Waals surface area contributed by atoms with Crippen LogP contribution < -0.4 is 4.90 Å². The highest BCUT2D eigenvalue weighted by Gasteiger charge is 2.19. The van der Waals surface area contributed by atoms with Gasteiger partial charge in [0.05, 0.1) is 0 Å². The first kappa shape index (κ1) is 12.2. The van der Waals surface area contributed by atoms with E-state index in [-0.39, 0.29) is 5.78 Å². The molecule has 0 bridgehead atoms. The molecule has 0 atom stereocenters. The van der Waals surface area contributed by atoms with Crippen LogP contribution in [0.1, 0.15) is 31.9 Å². The van der Waals surface area contributed by atoms with E-state index in [1.165, 1.54) is 11.3 Å². The van der Waals surface area contributed by atoms with Crippen molar-refractivity contribution in [3.63, 3.8) is 0 Å². The molecule has 1 aromatic carbocycles. The van der Waals surface area contributed by atoms with E-state index in [1.54, 1.807) is 6.92 Å². The van der Waals surface area contributed by atoms with Crippen molar-refractivity contribution in [3.8, 4) is 0 Å². The zero-order valence-corrected chi connectivity index (χ0v) is 11.0. The van der Waals surface area contributed by atoms with Crippen LogP contribution in [0.4, 0.5) is 5.69 Å². The van der Waals surface area contributed by atoms with Crippen LogP contribution in [0.25, 0.3) is 0 Å². The SMILES string of the molecule is CC(=O)Cc1ccc2c(c1)N(CC(C)C)CC2. The fourth-order valence-electron chi connectivity index (χ4n) is 2.52. The largest absolute Gasteiger partial charge is 0.371 e. The van der Waals surface area contributed by atoms with Gasteiger partial charge < -0.3 is 4.90 Å². The Labute approximate surface area is 104 Å². The molecule has 0 saturated carbocycles. The second-order valence-corrected chi connectivity index (χ2v) is 5.43. The van der Waals surface area contributed by atoms with Crippen molar-refractivity contribution in [2.75, 3.05) is 18.0 Å². The second kappa shape index (κ2) is 4.91. The molecule has 0 fully saturated rings. The molecule has 17 heavy (non-hydrogen) atoms. The molecule has 0 unspecified atom stereocenters. The summed E-state index contributed by atoms with van der Waals surface area (Å²) >= 11 is 0. The van der Waals surface area contributed by atoms with E-state index in [1.807, 2.05) is 0 Å². The van der Waals surface area contributed by atoms with Gasteiger partial charge in [0.1, 0.15) is 5.78 Å². The average molecular weight is 231 g/mol. The molecular formula is C15H21NO. The first-order chi connectivity index (χ1) is 8.06. The summed E-state index contributed by atoms with van der Waals surface area (Å²) in [6.45, 7) is 8.38. The lowest BCUT2D eigenvalue weighted by Crippen LogP contribution is -2.25. The van der Waals surface area contributed by atoms with Gasteiger partial charge in [0.15, 0.2) is 0 Å². The summed E-state index contributed by atoms with van der Waals surface area (Å²) in [6.07, 6.45) is 1.70. The molecule has 0 aliphatic carbocycles. The number of hydrogen-bond acceptors (Lipinski definition) is 2. The molecule has 1 aliphatic rings. The average Bonchev–Trinajstić information content (AvgIpc) is 2.59. The van der Waals surface area contributed by atoms with Crippen molar-refractivity contribution in [1.29, 1.82) is 0 Å². The van der Waals surface area contributed by atoms with Crippen molar-refractivity contribution >= 4 is 11.5 Å². The minimum Gasteiger partial charge on any atom is -0.371 e. The number of hydrogen-bond donors (Lipinski definition) is 0. The van der Waals surface area contributed by atoms with Gasteiger partial charge >= 0.3 is 0 Å². The Kier molecular flexibility index (Phi) is 3.51. The number of rotatable bonds is 4. The minimum atomic E-state index is 0.235. The van der Waals surface area contributed by atoms with E-state index in [4.69, 9.17) is 0 Å². The van der Waals surface area contributed by atoms with Gasteiger partial charge in [0, 0.05) is 25.2 Å². The highest BCUT2D eigenvalue weighted by Crippen LogP contribution is 2.29. The van der Waals surface area contributed by atoms with Gasteiger partial charge in [-0.3, -0.25) is 4.79 Å². The van der Waals surface area contributed by atoms with Crippen LogP contribution in [0.5, 0.6) is 0 Å². The van der Waals surface area contributed by atoms with Crippen LogP contribution in [0, 0.1) is 5.92 Å². The lowest BCUT2D eigenvalue weighted by atomic mass is 10.0. The van der Waals surface area contributed by atoms with Gasteiger partial charge in [0.2, 0.25) is 0 Å². The number of Topliss-reactive ketones (excluding diaryl/α,β-unsaturated/α-hetero) is 1. The zero-order chi connectivity index (χ0) is 12.4. The number of anilines is 1. The third-order valence-electron chi connectivity index (χ3n) is 3.18. The van der Waals surface area contributed by atoms with Crippen LogP contribution in [0.15, 0.2) is 18.2 Å². The van der Waals surface area contributed by atoms with Crippen LogP contribution in [0.3, 0.4) is 0 Å². The molecule has 0 radical (unpaired) electrons. The number of carbonyl (C=O) groups excluding carboxylic acids is 1. The molecule has 0 spiro atoms. The quantitative estimate of drug-likeness (QED) is 0.794. The Morgan fingerprint density at radius 2 is 2.18 bits per heavy atom. The van der Waals surface area contributed by atoms with Crippen LogP contribution in [-0.2, 0) is 17.6 Å². The summed E-state index contributed by atoms with van der Waals surface area (Å²) in [5, 5.41) is 0. The maximum atomic E-state index is 11.2. The molecule has 92 valence electrons. The van der Waals surface area contributed by atoms with E-state index >= 15 is 0 Å². The number of benzene rings is 1. The summed E-state index contributed by atoms with van der Waals surface area (Å²) < 4.78 is 0. The predicted octanol–water partition coefficient (Wildman–Crippen LogP) is 2.84. The molecule has 0 N–H and O–H groups in total. The maximum absolute atomic E-state index is 11.2. The Bertz CT molecular complexity index is 423. The standard InChI is InChI=1S/C15H21NO/c1-11(2)10-16-7-6-14-5-4-13(8-12(3)17)9-15(14)16/h4-5,9,11H,6-8,10H2,1-3H3. The monoisotopic (exact) mass is 231 g/mol. The van der Waals surface area contributed by atoms with Gasteiger partial charge in [0.25, 0.3) is 0 Å². The van der Waals surface area contributed by atoms with Gasteiger partial charge in [-0.05, 0) is 36.5 Å². The van der Waals surface area contributed by atoms with Gasteiger partial charge in [-0.2, -0.15) is 0 Å². The highest BCUT2D eigenvalue weighted by atomic mass is 16.1. The van der Waals surface area contributed by atoms with E-state index < -0.39 is 0 Å². The Morgan fingerprint density at radius 3 is 2.82 bits per heavy atom. The molecule has 1 heterocycles. The highest BCUT2D eigenvalue weighted by molar-refractivity contribution is 5.78. The Hall–Kier alpha value is -1.31. The molecule has 1 aliphatic heterocycles. The van der Waals surface area contributed by atoms with Crippen LogP contribution in [-0.4, -0.2) is 18.9 Å². The van der Waals surface area contributed by atoms with E-state index in [0.717, 1.165) is 25.1 Å². The normalized spacial score (nSPS) is 14.2. The fourth-order valence-corrected chi connectivity index (χ4v) is 2.52. The number of nitrogens with zero attached hydrogens (tertiary/aromatic N) is 1. The molecule has 0 amide bonds. The lowest BCUT2D eigenvalue weighted by Gasteiger charge is -2.22. The van der Waals surface area contributed by atoms with E-state index in [0.29, 0.717) is 12.3 Å². The van der Waals surface area contributed by atoms with Crippen LogP contribution >= 0.6 is 0 Å². The predicted molar refractivity (Wildman–Crippen MR) is 71.6 cm³/mol. The van der Waals surface area contributed by atoms with Crippen molar-refractivity contribution in [2.45, 2.75) is 33.6 Å². The molecule has 2 nitrogen and oxygen atoms in total. The first-order valence-electron chi connectivity index (χ1n) is 6.42. The number of ketones is 1. The fraction of sp³-hybridized carbons (Fsp3) is 0.533. The third-order valence-corrected chi connectivity index (χ3v) is 3.18. The third kappa shape index (κ3) is 2.87. The molecule has 2 rings (SSSR count). The van der Waals surface area contributed by atoms with Crippen molar-refractivity contribution in [1.82, 2.24) is 0 Å². The number of carbonyl (C=O) groups is 1. The van der Waals surface area contributed by atoms with Gasteiger partial charge in [-0.15, -0.1) is 0 Å². The molecular weight excluding hydrogens is 210 g/mol. The second-order valence-electron chi connectivity index (χ2n) is 5.43. The Balaban J connectivity index is 2.21. The van der Waals surface area contributed by atoms with E-state index in [2.05, 4.69) is 36.9 Å². The maximum Gasteiger partial charge on any atom is 0.134 e. The number of fused-ring (bicyclic) bond motifs is 1. The summed E-state index contributed by atoms with van der Waals surface area (Å²) in [6, 6.07) is 6.49. The Morgan fingerprint density at radius 1 is 1.41 bits per heavy atom. The topological polar surface area (TPSA) is 20.3 Å². The van der Waals surface area contributed by atoms with E-state index in [9.17, 15) is 4.79 Å².